The third-order valence-corrected chi connectivity index (χ3v) is 4.17. The minimum atomic E-state index is 0.103. The van der Waals surface area contributed by atoms with Crippen LogP contribution in [-0.2, 0) is 4.74 Å². The highest BCUT2D eigenvalue weighted by molar-refractivity contribution is 7.11. The zero-order chi connectivity index (χ0) is 13.0. The van der Waals surface area contributed by atoms with E-state index in [4.69, 9.17) is 16.3 Å². The number of hydrogen-bond donors (Lipinski definition) is 0. The minimum Gasteiger partial charge on any atom is -0.377 e. The molecule has 0 atom stereocenters. The molecule has 0 radical (unpaired) electrons. The van der Waals surface area contributed by atoms with E-state index in [1.165, 1.54) is 11.3 Å². The number of rotatable bonds is 4. The van der Waals surface area contributed by atoms with E-state index >= 15 is 0 Å². The van der Waals surface area contributed by atoms with E-state index in [9.17, 15) is 4.79 Å². The van der Waals surface area contributed by atoms with Crippen LogP contribution in [0.15, 0.2) is 5.51 Å². The number of hydrogen-bond acceptors (Lipinski definition) is 4. The summed E-state index contributed by atoms with van der Waals surface area (Å²) in [5, 5.41) is 0. The van der Waals surface area contributed by atoms with Gasteiger partial charge < -0.3 is 9.64 Å². The van der Waals surface area contributed by atoms with E-state index in [1.807, 2.05) is 11.8 Å². The quantitative estimate of drug-likeness (QED) is 0.799. The Hall–Kier alpha value is -0.650. The molecule has 1 aliphatic rings. The van der Waals surface area contributed by atoms with E-state index in [0.717, 1.165) is 36.5 Å². The van der Waals surface area contributed by atoms with Crippen LogP contribution in [0, 0.1) is 6.92 Å². The standard InChI is InChI=1S/C12H17ClN2O2S/c1-9-11(18-8-14-9)12(16)15-5-2-10(3-6-15)17-7-4-13/h8,10H,2-7H2,1H3. The van der Waals surface area contributed by atoms with Crippen LogP contribution >= 0.6 is 22.9 Å². The molecule has 1 saturated heterocycles. The van der Waals surface area contributed by atoms with Crippen molar-refractivity contribution in [2.75, 3.05) is 25.6 Å². The number of amides is 1. The average Bonchev–Trinajstić information content (AvgIpc) is 2.82. The molecule has 0 bridgehead atoms. The summed E-state index contributed by atoms with van der Waals surface area (Å²) in [6.45, 7) is 3.97. The first-order valence-electron chi connectivity index (χ1n) is 6.09. The van der Waals surface area contributed by atoms with Crippen LogP contribution in [-0.4, -0.2) is 47.5 Å². The Morgan fingerprint density at radius 1 is 1.61 bits per heavy atom. The first-order chi connectivity index (χ1) is 8.72. The maximum Gasteiger partial charge on any atom is 0.265 e. The van der Waals surface area contributed by atoms with Crippen LogP contribution in [0.3, 0.4) is 0 Å². The lowest BCUT2D eigenvalue weighted by molar-refractivity contribution is 0.0155. The number of ether oxygens (including phenoxy) is 1. The van der Waals surface area contributed by atoms with Crippen LogP contribution < -0.4 is 0 Å². The van der Waals surface area contributed by atoms with Gasteiger partial charge in [-0.25, -0.2) is 4.98 Å². The number of likely N-dealkylation sites (tertiary alicyclic amines) is 1. The molecule has 1 aromatic rings. The average molecular weight is 289 g/mol. The molecule has 0 spiro atoms. The van der Waals surface area contributed by atoms with Gasteiger partial charge in [0.15, 0.2) is 0 Å². The largest absolute Gasteiger partial charge is 0.377 e. The number of carbonyl (C=O) groups is 1. The van der Waals surface area contributed by atoms with Crippen LogP contribution in [0.2, 0.25) is 0 Å². The summed E-state index contributed by atoms with van der Waals surface area (Å²) in [7, 11) is 0. The van der Waals surface area contributed by atoms with E-state index in [1.54, 1.807) is 5.51 Å². The zero-order valence-electron chi connectivity index (χ0n) is 10.4. The van der Waals surface area contributed by atoms with Gasteiger partial charge in [0.25, 0.3) is 5.91 Å². The van der Waals surface area contributed by atoms with Crippen molar-refractivity contribution in [3.05, 3.63) is 16.1 Å². The van der Waals surface area contributed by atoms with Gasteiger partial charge in [0, 0.05) is 19.0 Å². The molecular weight excluding hydrogens is 272 g/mol. The van der Waals surface area contributed by atoms with Crippen LogP contribution in [0.5, 0.6) is 0 Å². The van der Waals surface area contributed by atoms with E-state index in [2.05, 4.69) is 4.98 Å². The van der Waals surface area contributed by atoms with Gasteiger partial charge in [-0.15, -0.1) is 22.9 Å². The molecule has 0 saturated carbocycles. The van der Waals surface area contributed by atoms with Gasteiger partial charge >= 0.3 is 0 Å². The second kappa shape index (κ2) is 6.50. The summed E-state index contributed by atoms with van der Waals surface area (Å²) in [6.07, 6.45) is 2.02. The topological polar surface area (TPSA) is 42.4 Å². The number of aryl methyl sites for hydroxylation is 1. The fraction of sp³-hybridized carbons (Fsp3) is 0.667. The van der Waals surface area contributed by atoms with Crippen molar-refractivity contribution < 1.29 is 9.53 Å². The molecule has 0 aliphatic carbocycles. The number of aromatic nitrogens is 1. The molecule has 0 unspecified atom stereocenters. The Kier molecular flexibility index (Phi) is 4.97. The lowest BCUT2D eigenvalue weighted by Crippen LogP contribution is -2.41. The molecule has 2 rings (SSSR count). The van der Waals surface area contributed by atoms with E-state index in [0.29, 0.717) is 12.5 Å². The van der Waals surface area contributed by atoms with E-state index in [-0.39, 0.29) is 12.0 Å². The summed E-state index contributed by atoms with van der Waals surface area (Å²) in [6, 6.07) is 0. The second-order valence-corrected chi connectivity index (χ2v) is 5.55. The summed E-state index contributed by atoms with van der Waals surface area (Å²) in [4.78, 5) is 19.0. The Labute approximate surface area is 116 Å². The molecule has 1 aliphatic heterocycles. The smallest absolute Gasteiger partial charge is 0.265 e. The summed E-state index contributed by atoms with van der Waals surface area (Å²) in [5.41, 5.74) is 2.55. The Balaban J connectivity index is 1.86. The second-order valence-electron chi connectivity index (χ2n) is 4.32. The molecule has 1 fully saturated rings. The van der Waals surface area contributed by atoms with Crippen molar-refractivity contribution in [3.8, 4) is 0 Å². The molecule has 2 heterocycles. The normalized spacial score (nSPS) is 17.1. The predicted octanol–water partition coefficient (Wildman–Crippen LogP) is 2.31. The summed E-state index contributed by atoms with van der Waals surface area (Å²) < 4.78 is 5.59. The highest BCUT2D eigenvalue weighted by Crippen LogP contribution is 2.20. The molecule has 4 nitrogen and oxygen atoms in total. The van der Waals surface area contributed by atoms with Crippen molar-refractivity contribution in [3.63, 3.8) is 0 Å². The predicted molar refractivity (Wildman–Crippen MR) is 72.4 cm³/mol. The monoisotopic (exact) mass is 288 g/mol. The van der Waals surface area contributed by atoms with Gasteiger partial charge in [-0.05, 0) is 19.8 Å². The third-order valence-electron chi connectivity index (χ3n) is 3.10. The van der Waals surface area contributed by atoms with E-state index < -0.39 is 0 Å². The van der Waals surface area contributed by atoms with Crippen molar-refractivity contribution in [2.45, 2.75) is 25.9 Å². The highest BCUT2D eigenvalue weighted by atomic mass is 35.5. The van der Waals surface area contributed by atoms with Gasteiger partial charge in [-0.1, -0.05) is 0 Å². The van der Waals surface area contributed by atoms with Crippen LogP contribution in [0.4, 0.5) is 0 Å². The fourth-order valence-electron chi connectivity index (χ4n) is 2.09. The minimum absolute atomic E-state index is 0.103. The SMILES string of the molecule is Cc1ncsc1C(=O)N1CCC(OCCCl)CC1. The Morgan fingerprint density at radius 3 is 2.89 bits per heavy atom. The first kappa shape index (κ1) is 13.8. The first-order valence-corrected chi connectivity index (χ1v) is 7.50. The van der Waals surface area contributed by atoms with Crippen LogP contribution in [0.25, 0.3) is 0 Å². The van der Waals surface area contributed by atoms with Gasteiger partial charge in [0.05, 0.1) is 23.9 Å². The number of carbonyl (C=O) groups excluding carboxylic acids is 1. The van der Waals surface area contributed by atoms with Crippen LogP contribution in [0.1, 0.15) is 28.2 Å². The number of thiazole rings is 1. The van der Waals surface area contributed by atoms with Gasteiger partial charge in [-0.3, -0.25) is 4.79 Å². The van der Waals surface area contributed by atoms with Gasteiger partial charge in [-0.2, -0.15) is 0 Å². The lowest BCUT2D eigenvalue weighted by atomic mass is 10.1. The lowest BCUT2D eigenvalue weighted by Gasteiger charge is -2.31. The van der Waals surface area contributed by atoms with Gasteiger partial charge in [0.1, 0.15) is 4.88 Å². The third kappa shape index (κ3) is 3.22. The molecule has 6 heteroatoms. The van der Waals surface area contributed by atoms with Gasteiger partial charge in [0.2, 0.25) is 0 Å². The molecule has 100 valence electrons. The van der Waals surface area contributed by atoms with Crippen molar-refractivity contribution in [1.29, 1.82) is 0 Å². The highest BCUT2D eigenvalue weighted by Gasteiger charge is 2.25. The van der Waals surface area contributed by atoms with Crippen molar-refractivity contribution in [2.24, 2.45) is 0 Å². The number of nitrogens with zero attached hydrogens (tertiary/aromatic N) is 2. The van der Waals surface area contributed by atoms with Crippen molar-refractivity contribution >= 4 is 28.8 Å². The molecule has 0 aromatic carbocycles. The molecular formula is C12H17ClN2O2S. The fourth-order valence-corrected chi connectivity index (χ4v) is 2.95. The van der Waals surface area contributed by atoms with Crippen molar-refractivity contribution in [1.82, 2.24) is 9.88 Å². The number of alkyl halides is 1. The molecule has 1 amide bonds. The molecule has 1 aromatic heterocycles. The Morgan fingerprint density at radius 2 is 2.33 bits per heavy atom. The molecule has 18 heavy (non-hydrogen) atoms. The summed E-state index contributed by atoms with van der Waals surface area (Å²) >= 11 is 7.00. The summed E-state index contributed by atoms with van der Waals surface area (Å²) in [5.74, 6) is 0.630. The molecule has 0 N–H and O–H groups in total. The maximum absolute atomic E-state index is 12.2. The zero-order valence-corrected chi connectivity index (χ0v) is 12.0. The number of piperidine rings is 1. The Bertz CT molecular complexity index is 403. The number of halogens is 1. The maximum atomic E-state index is 12.2.